The van der Waals surface area contributed by atoms with Gasteiger partial charge in [-0.05, 0) is 69.4 Å². The zero-order valence-electron chi connectivity index (χ0n) is 18.0. The molecule has 3 aromatic rings. The van der Waals surface area contributed by atoms with Crippen molar-refractivity contribution in [3.63, 3.8) is 0 Å². The second-order valence-electron chi connectivity index (χ2n) is 7.70. The number of aromatic nitrogens is 3. The van der Waals surface area contributed by atoms with Gasteiger partial charge in [-0.2, -0.15) is 5.10 Å². The summed E-state index contributed by atoms with van der Waals surface area (Å²) in [6, 6.07) is 11.0. The summed E-state index contributed by atoms with van der Waals surface area (Å²) in [5, 5.41) is 4.81. The fourth-order valence-electron chi connectivity index (χ4n) is 4.03. The second-order valence-corrected chi connectivity index (χ2v) is 9.44. The Labute approximate surface area is 183 Å². The lowest BCUT2D eigenvalue weighted by atomic mass is 9.95. The largest absolute Gasteiger partial charge is 0.492 e. The predicted molar refractivity (Wildman–Crippen MR) is 120 cm³/mol. The Balaban J connectivity index is 1.54. The Bertz CT molecular complexity index is 1160. The SMILES string of the molecule is CCOc1ccc(C)cc1S(=O)(=O)NCCn1nc(-c2ccccn2)c2c1CCCC2. The van der Waals surface area contributed by atoms with Crippen molar-refractivity contribution in [2.24, 2.45) is 0 Å². The zero-order valence-corrected chi connectivity index (χ0v) is 18.8. The van der Waals surface area contributed by atoms with E-state index in [2.05, 4.69) is 9.71 Å². The number of sulfonamides is 1. The third-order valence-corrected chi connectivity index (χ3v) is 6.95. The number of fused-ring (bicyclic) bond motifs is 1. The van der Waals surface area contributed by atoms with E-state index in [4.69, 9.17) is 9.84 Å². The number of hydrogen-bond donors (Lipinski definition) is 1. The normalized spacial score (nSPS) is 13.7. The van der Waals surface area contributed by atoms with Crippen molar-refractivity contribution >= 4 is 10.0 Å². The first-order chi connectivity index (χ1) is 15.0. The van der Waals surface area contributed by atoms with Gasteiger partial charge in [-0.25, -0.2) is 13.1 Å². The number of rotatable bonds is 8. The number of hydrogen-bond acceptors (Lipinski definition) is 5. The summed E-state index contributed by atoms with van der Waals surface area (Å²) in [5.41, 5.74) is 5.07. The highest BCUT2D eigenvalue weighted by Crippen LogP contribution is 2.30. The monoisotopic (exact) mass is 440 g/mol. The minimum Gasteiger partial charge on any atom is -0.492 e. The van der Waals surface area contributed by atoms with Gasteiger partial charge in [0, 0.05) is 24.0 Å². The molecule has 2 heterocycles. The summed E-state index contributed by atoms with van der Waals surface area (Å²) in [7, 11) is -3.70. The molecule has 8 heteroatoms. The molecule has 0 unspecified atom stereocenters. The number of ether oxygens (including phenoxy) is 1. The molecule has 164 valence electrons. The molecule has 4 rings (SSSR count). The Hall–Kier alpha value is -2.71. The summed E-state index contributed by atoms with van der Waals surface area (Å²) < 4.78 is 36.1. The molecule has 0 amide bonds. The maximum Gasteiger partial charge on any atom is 0.244 e. The summed E-state index contributed by atoms with van der Waals surface area (Å²) in [5.74, 6) is 0.370. The van der Waals surface area contributed by atoms with Crippen LogP contribution in [0.5, 0.6) is 5.75 Å². The van der Waals surface area contributed by atoms with Crippen LogP contribution in [0.3, 0.4) is 0 Å². The molecule has 31 heavy (non-hydrogen) atoms. The van der Waals surface area contributed by atoms with Gasteiger partial charge in [-0.15, -0.1) is 0 Å². The number of aryl methyl sites for hydroxylation is 1. The van der Waals surface area contributed by atoms with Crippen LogP contribution < -0.4 is 9.46 Å². The maximum absolute atomic E-state index is 13.0. The van der Waals surface area contributed by atoms with Gasteiger partial charge >= 0.3 is 0 Å². The molecule has 0 radical (unpaired) electrons. The van der Waals surface area contributed by atoms with Gasteiger partial charge in [0.25, 0.3) is 0 Å². The lowest BCUT2D eigenvalue weighted by molar-refractivity contribution is 0.331. The highest BCUT2D eigenvalue weighted by Gasteiger charge is 2.23. The average molecular weight is 441 g/mol. The van der Waals surface area contributed by atoms with Crippen LogP contribution in [0.2, 0.25) is 0 Å². The van der Waals surface area contributed by atoms with Crippen LogP contribution in [0.25, 0.3) is 11.4 Å². The van der Waals surface area contributed by atoms with Crippen LogP contribution in [-0.4, -0.2) is 36.3 Å². The summed E-state index contributed by atoms with van der Waals surface area (Å²) in [4.78, 5) is 4.64. The molecule has 0 aliphatic heterocycles. The van der Waals surface area contributed by atoms with E-state index < -0.39 is 10.0 Å². The van der Waals surface area contributed by atoms with E-state index in [9.17, 15) is 8.42 Å². The van der Waals surface area contributed by atoms with Crippen LogP contribution in [0, 0.1) is 6.92 Å². The van der Waals surface area contributed by atoms with Crippen molar-refractivity contribution in [3.05, 3.63) is 59.4 Å². The van der Waals surface area contributed by atoms with E-state index in [-0.39, 0.29) is 11.4 Å². The molecule has 7 nitrogen and oxygen atoms in total. The van der Waals surface area contributed by atoms with Crippen molar-refractivity contribution in [2.75, 3.05) is 13.2 Å². The highest BCUT2D eigenvalue weighted by molar-refractivity contribution is 7.89. The van der Waals surface area contributed by atoms with Crippen molar-refractivity contribution in [1.29, 1.82) is 0 Å². The van der Waals surface area contributed by atoms with Crippen molar-refractivity contribution in [2.45, 2.75) is 51.0 Å². The van der Waals surface area contributed by atoms with E-state index in [1.807, 2.05) is 42.8 Å². The third-order valence-electron chi connectivity index (χ3n) is 5.47. The van der Waals surface area contributed by atoms with E-state index in [0.717, 1.165) is 42.6 Å². The number of nitrogens with one attached hydrogen (secondary N) is 1. The Morgan fingerprint density at radius 3 is 2.77 bits per heavy atom. The van der Waals surface area contributed by atoms with Gasteiger partial charge in [0.15, 0.2) is 0 Å². The first-order valence-electron chi connectivity index (χ1n) is 10.7. The topological polar surface area (TPSA) is 86.1 Å². The lowest BCUT2D eigenvalue weighted by Crippen LogP contribution is -2.29. The number of benzene rings is 1. The quantitative estimate of drug-likeness (QED) is 0.579. The molecule has 0 atom stereocenters. The van der Waals surface area contributed by atoms with Gasteiger partial charge in [0.2, 0.25) is 10.0 Å². The van der Waals surface area contributed by atoms with E-state index >= 15 is 0 Å². The molecular weight excluding hydrogens is 412 g/mol. The smallest absolute Gasteiger partial charge is 0.244 e. The molecule has 0 fully saturated rings. The highest BCUT2D eigenvalue weighted by atomic mass is 32.2. The lowest BCUT2D eigenvalue weighted by Gasteiger charge is -2.15. The van der Waals surface area contributed by atoms with Gasteiger partial charge in [0.1, 0.15) is 16.3 Å². The second kappa shape index (κ2) is 9.20. The van der Waals surface area contributed by atoms with Gasteiger partial charge in [-0.3, -0.25) is 9.67 Å². The molecule has 1 aromatic carbocycles. The molecule has 1 aliphatic carbocycles. The standard InChI is InChI=1S/C23H28N4O3S/c1-3-30-21-12-11-17(2)16-22(21)31(28,29)25-14-15-27-20-10-5-4-8-18(20)23(26-27)19-9-6-7-13-24-19/h6-7,9,11-13,16,25H,3-5,8,10,14-15H2,1-2H3. The van der Waals surface area contributed by atoms with Crippen molar-refractivity contribution < 1.29 is 13.2 Å². The first kappa shape index (κ1) is 21.5. The molecule has 1 N–H and O–H groups in total. The molecule has 2 aromatic heterocycles. The summed E-state index contributed by atoms with van der Waals surface area (Å²) in [6.45, 7) is 4.82. The molecule has 0 spiro atoms. The van der Waals surface area contributed by atoms with Crippen LogP contribution in [0.15, 0.2) is 47.5 Å². The van der Waals surface area contributed by atoms with Crippen LogP contribution in [-0.2, 0) is 29.4 Å². The molecule has 0 saturated carbocycles. The van der Waals surface area contributed by atoms with Gasteiger partial charge < -0.3 is 4.74 Å². The fraction of sp³-hybridized carbons (Fsp3) is 0.391. The summed E-state index contributed by atoms with van der Waals surface area (Å²) >= 11 is 0. The number of nitrogens with zero attached hydrogens (tertiary/aromatic N) is 3. The van der Waals surface area contributed by atoms with Gasteiger partial charge in [-0.1, -0.05) is 12.1 Å². The van der Waals surface area contributed by atoms with Gasteiger partial charge in [0.05, 0.1) is 18.8 Å². The first-order valence-corrected chi connectivity index (χ1v) is 12.2. The van der Waals surface area contributed by atoms with Crippen LogP contribution >= 0.6 is 0 Å². The number of pyridine rings is 1. The van der Waals surface area contributed by atoms with Crippen molar-refractivity contribution in [1.82, 2.24) is 19.5 Å². The predicted octanol–water partition coefficient (Wildman–Crippen LogP) is 3.51. The molecule has 0 saturated heterocycles. The zero-order chi connectivity index (χ0) is 21.8. The minimum absolute atomic E-state index is 0.172. The molecule has 0 bridgehead atoms. The minimum atomic E-state index is -3.70. The Morgan fingerprint density at radius 2 is 2.00 bits per heavy atom. The van der Waals surface area contributed by atoms with E-state index in [1.54, 1.807) is 18.3 Å². The Kier molecular flexibility index (Phi) is 6.38. The third kappa shape index (κ3) is 4.65. The van der Waals surface area contributed by atoms with E-state index in [1.165, 1.54) is 11.3 Å². The average Bonchev–Trinajstić information content (AvgIpc) is 3.14. The van der Waals surface area contributed by atoms with E-state index in [0.29, 0.717) is 18.9 Å². The Morgan fingerprint density at radius 1 is 1.16 bits per heavy atom. The van der Waals surface area contributed by atoms with Crippen molar-refractivity contribution in [3.8, 4) is 17.1 Å². The fourth-order valence-corrected chi connectivity index (χ4v) is 5.28. The summed E-state index contributed by atoms with van der Waals surface area (Å²) in [6.07, 6.45) is 5.96. The van der Waals surface area contributed by atoms with Crippen LogP contribution in [0.4, 0.5) is 0 Å². The molecular formula is C23H28N4O3S. The van der Waals surface area contributed by atoms with Crippen LogP contribution in [0.1, 0.15) is 36.6 Å². The maximum atomic E-state index is 13.0. The molecule has 1 aliphatic rings.